The van der Waals surface area contributed by atoms with Crippen LogP contribution in [0.2, 0.25) is 0 Å². The molecule has 0 aromatic heterocycles. The number of aliphatic hydroxyl groups is 1. The van der Waals surface area contributed by atoms with Gasteiger partial charge in [0.05, 0.1) is 19.1 Å². The second-order valence-corrected chi connectivity index (χ2v) is 4.31. The standard InChI is InChI=1S/C8H14O3S/c1-11-7(9)6-8(10)2-4-12-5-3-8/h10H,2-6H2,1H3. The summed E-state index contributed by atoms with van der Waals surface area (Å²) in [5, 5.41) is 9.86. The third kappa shape index (κ3) is 2.68. The van der Waals surface area contributed by atoms with Gasteiger partial charge in [0.2, 0.25) is 0 Å². The Morgan fingerprint density at radius 1 is 1.58 bits per heavy atom. The van der Waals surface area contributed by atoms with Gasteiger partial charge in [-0.05, 0) is 24.3 Å². The number of hydrogen-bond donors (Lipinski definition) is 1. The predicted molar refractivity (Wildman–Crippen MR) is 48.1 cm³/mol. The van der Waals surface area contributed by atoms with Gasteiger partial charge in [0, 0.05) is 0 Å². The van der Waals surface area contributed by atoms with Crippen LogP contribution in [0.15, 0.2) is 0 Å². The van der Waals surface area contributed by atoms with Crippen molar-refractivity contribution < 1.29 is 14.6 Å². The van der Waals surface area contributed by atoms with Crippen molar-refractivity contribution in [3.05, 3.63) is 0 Å². The first kappa shape index (κ1) is 9.86. The van der Waals surface area contributed by atoms with E-state index in [1.165, 1.54) is 7.11 Å². The summed E-state index contributed by atoms with van der Waals surface area (Å²) in [5.41, 5.74) is -0.793. The molecule has 3 nitrogen and oxygen atoms in total. The zero-order valence-electron chi connectivity index (χ0n) is 7.21. The summed E-state index contributed by atoms with van der Waals surface area (Å²) in [6, 6.07) is 0. The topological polar surface area (TPSA) is 46.5 Å². The number of thioether (sulfide) groups is 1. The first-order valence-corrected chi connectivity index (χ1v) is 5.19. The molecule has 1 saturated heterocycles. The van der Waals surface area contributed by atoms with E-state index in [1.807, 2.05) is 11.8 Å². The number of ether oxygens (including phenoxy) is 1. The molecule has 4 heteroatoms. The molecule has 1 aliphatic heterocycles. The monoisotopic (exact) mass is 190 g/mol. The Kier molecular flexibility index (Phi) is 3.40. The van der Waals surface area contributed by atoms with Crippen LogP contribution < -0.4 is 0 Å². The van der Waals surface area contributed by atoms with Gasteiger partial charge in [-0.2, -0.15) is 11.8 Å². The second-order valence-electron chi connectivity index (χ2n) is 3.09. The minimum Gasteiger partial charge on any atom is -0.469 e. The highest BCUT2D eigenvalue weighted by molar-refractivity contribution is 7.99. The Hall–Kier alpha value is -0.220. The van der Waals surface area contributed by atoms with Gasteiger partial charge in [0.1, 0.15) is 0 Å². The average molecular weight is 190 g/mol. The molecule has 12 heavy (non-hydrogen) atoms. The number of hydrogen-bond acceptors (Lipinski definition) is 4. The fourth-order valence-corrected chi connectivity index (χ4v) is 2.52. The molecule has 0 spiro atoms. The van der Waals surface area contributed by atoms with Crippen LogP contribution >= 0.6 is 11.8 Å². The fourth-order valence-electron chi connectivity index (χ4n) is 1.27. The van der Waals surface area contributed by atoms with E-state index in [-0.39, 0.29) is 12.4 Å². The van der Waals surface area contributed by atoms with Crippen LogP contribution in [0.25, 0.3) is 0 Å². The van der Waals surface area contributed by atoms with Crippen LogP contribution in [-0.4, -0.2) is 35.3 Å². The Morgan fingerprint density at radius 2 is 2.17 bits per heavy atom. The van der Waals surface area contributed by atoms with Gasteiger partial charge in [-0.15, -0.1) is 0 Å². The first-order chi connectivity index (χ1) is 5.66. The van der Waals surface area contributed by atoms with Crippen molar-refractivity contribution in [3.63, 3.8) is 0 Å². The van der Waals surface area contributed by atoms with Crippen LogP contribution in [0.1, 0.15) is 19.3 Å². The third-order valence-electron chi connectivity index (χ3n) is 2.12. The predicted octanol–water partition coefficient (Wildman–Crippen LogP) is 0.808. The van der Waals surface area contributed by atoms with E-state index in [1.54, 1.807) is 0 Å². The van der Waals surface area contributed by atoms with Crippen molar-refractivity contribution in [2.24, 2.45) is 0 Å². The van der Waals surface area contributed by atoms with Crippen LogP contribution in [0.4, 0.5) is 0 Å². The summed E-state index contributed by atoms with van der Waals surface area (Å²) in [5.74, 6) is 1.56. The maximum Gasteiger partial charge on any atom is 0.308 e. The van der Waals surface area contributed by atoms with Crippen LogP contribution in [0, 0.1) is 0 Å². The summed E-state index contributed by atoms with van der Waals surface area (Å²) >= 11 is 1.82. The van der Waals surface area contributed by atoms with Gasteiger partial charge in [-0.1, -0.05) is 0 Å². The molecule has 0 bridgehead atoms. The molecule has 0 aliphatic carbocycles. The van der Waals surface area contributed by atoms with Crippen molar-refractivity contribution in [3.8, 4) is 0 Å². The molecule has 0 atom stereocenters. The molecule has 1 aliphatic rings. The van der Waals surface area contributed by atoms with Crippen LogP contribution in [-0.2, 0) is 9.53 Å². The van der Waals surface area contributed by atoms with E-state index in [9.17, 15) is 9.90 Å². The van der Waals surface area contributed by atoms with E-state index in [0.29, 0.717) is 12.8 Å². The molecule has 0 aromatic carbocycles. The van der Waals surface area contributed by atoms with Gasteiger partial charge in [0.25, 0.3) is 0 Å². The number of rotatable bonds is 2. The third-order valence-corrected chi connectivity index (χ3v) is 3.11. The summed E-state index contributed by atoms with van der Waals surface area (Å²) in [6.45, 7) is 0. The molecule has 1 N–H and O–H groups in total. The summed E-state index contributed by atoms with van der Waals surface area (Å²) < 4.78 is 4.51. The van der Waals surface area contributed by atoms with E-state index < -0.39 is 5.60 Å². The highest BCUT2D eigenvalue weighted by Gasteiger charge is 2.32. The largest absolute Gasteiger partial charge is 0.469 e. The Bertz CT molecular complexity index is 164. The van der Waals surface area contributed by atoms with Crippen LogP contribution in [0.5, 0.6) is 0 Å². The molecule has 1 rings (SSSR count). The van der Waals surface area contributed by atoms with Gasteiger partial charge >= 0.3 is 5.97 Å². The minimum absolute atomic E-state index is 0.143. The average Bonchev–Trinajstić information content (AvgIpc) is 2.05. The normalized spacial score (nSPS) is 21.8. The lowest BCUT2D eigenvalue weighted by Crippen LogP contribution is -2.36. The smallest absolute Gasteiger partial charge is 0.308 e. The van der Waals surface area contributed by atoms with E-state index in [0.717, 1.165) is 11.5 Å². The summed E-state index contributed by atoms with van der Waals surface area (Å²) in [6.07, 6.45) is 1.55. The first-order valence-electron chi connectivity index (χ1n) is 4.03. The number of carbonyl (C=O) groups excluding carboxylic acids is 1. The molecule has 0 saturated carbocycles. The van der Waals surface area contributed by atoms with Crippen molar-refractivity contribution in [1.29, 1.82) is 0 Å². The maximum absolute atomic E-state index is 10.9. The fraction of sp³-hybridized carbons (Fsp3) is 0.875. The molecule has 0 aromatic rings. The maximum atomic E-state index is 10.9. The van der Waals surface area contributed by atoms with Crippen LogP contribution in [0.3, 0.4) is 0 Å². The number of methoxy groups -OCH3 is 1. The zero-order valence-corrected chi connectivity index (χ0v) is 8.02. The molecule has 70 valence electrons. The molecule has 0 unspecified atom stereocenters. The van der Waals surface area contributed by atoms with Gasteiger partial charge in [-0.3, -0.25) is 4.79 Å². The number of esters is 1. The summed E-state index contributed by atoms with van der Waals surface area (Å²) in [4.78, 5) is 10.9. The Balaban J connectivity index is 2.41. The minimum atomic E-state index is -0.793. The lowest BCUT2D eigenvalue weighted by molar-refractivity contribution is -0.146. The molecule has 1 fully saturated rings. The molecular weight excluding hydrogens is 176 g/mol. The summed E-state index contributed by atoms with van der Waals surface area (Å²) in [7, 11) is 1.35. The lowest BCUT2D eigenvalue weighted by Gasteiger charge is -2.30. The van der Waals surface area contributed by atoms with Crippen molar-refractivity contribution >= 4 is 17.7 Å². The lowest BCUT2D eigenvalue weighted by atomic mass is 9.93. The van der Waals surface area contributed by atoms with Crippen molar-refractivity contribution in [2.45, 2.75) is 24.9 Å². The Labute approximate surface area is 76.5 Å². The van der Waals surface area contributed by atoms with Gasteiger partial charge < -0.3 is 9.84 Å². The highest BCUT2D eigenvalue weighted by atomic mass is 32.2. The molecule has 0 radical (unpaired) electrons. The van der Waals surface area contributed by atoms with Crippen molar-refractivity contribution in [1.82, 2.24) is 0 Å². The molecule has 0 amide bonds. The van der Waals surface area contributed by atoms with Gasteiger partial charge in [-0.25, -0.2) is 0 Å². The Morgan fingerprint density at radius 3 is 2.67 bits per heavy atom. The quantitative estimate of drug-likeness (QED) is 0.654. The van der Waals surface area contributed by atoms with E-state index >= 15 is 0 Å². The van der Waals surface area contributed by atoms with E-state index in [2.05, 4.69) is 4.74 Å². The number of carbonyl (C=O) groups is 1. The van der Waals surface area contributed by atoms with E-state index in [4.69, 9.17) is 0 Å². The highest BCUT2D eigenvalue weighted by Crippen LogP contribution is 2.29. The van der Waals surface area contributed by atoms with Gasteiger partial charge in [0.15, 0.2) is 0 Å². The molecule has 1 heterocycles. The molecular formula is C8H14O3S. The second kappa shape index (κ2) is 4.14. The van der Waals surface area contributed by atoms with Crippen molar-refractivity contribution in [2.75, 3.05) is 18.6 Å². The SMILES string of the molecule is COC(=O)CC1(O)CCSCC1. The zero-order chi connectivity index (χ0) is 9.03.